The van der Waals surface area contributed by atoms with E-state index in [9.17, 15) is 4.79 Å². The number of carbonyl (C=O) groups is 1. The number of anilines is 2. The average Bonchev–Trinajstić information content (AvgIpc) is 3.49. The molecule has 1 amide bonds. The van der Waals surface area contributed by atoms with Crippen LogP contribution in [0.4, 0.5) is 11.5 Å². The predicted molar refractivity (Wildman–Crippen MR) is 131 cm³/mol. The van der Waals surface area contributed by atoms with E-state index in [1.165, 1.54) is 6.20 Å². The molecule has 0 bridgehead atoms. The largest absolute Gasteiger partial charge is 0.487 e. The van der Waals surface area contributed by atoms with Gasteiger partial charge in [0.25, 0.3) is 5.91 Å². The summed E-state index contributed by atoms with van der Waals surface area (Å²) in [5.74, 6) is 0.975. The lowest BCUT2D eigenvalue weighted by molar-refractivity contribution is 0.102. The molecule has 1 aliphatic rings. The Bertz CT molecular complexity index is 1290. The van der Waals surface area contributed by atoms with Gasteiger partial charge in [0, 0.05) is 43.8 Å². The number of hydrogen-bond donors (Lipinski definition) is 2. The van der Waals surface area contributed by atoms with Crippen molar-refractivity contribution in [1.82, 2.24) is 25.1 Å². The summed E-state index contributed by atoms with van der Waals surface area (Å²) in [6.07, 6.45) is 6.13. The summed E-state index contributed by atoms with van der Waals surface area (Å²) in [4.78, 5) is 24.0. The second-order valence-corrected chi connectivity index (χ2v) is 8.42. The normalized spacial score (nSPS) is 15.6. The van der Waals surface area contributed by atoms with Gasteiger partial charge in [0.15, 0.2) is 0 Å². The fourth-order valence-corrected chi connectivity index (χ4v) is 4.12. The number of rotatable bonds is 7. The molecule has 9 nitrogen and oxygen atoms in total. The first-order valence-electron chi connectivity index (χ1n) is 11.3. The standard InChI is InChI=1S/C25H27N7O2/c1-26-19-8-9-32(15-19)24-13-27-22(12-28-24)25(33)29-21-10-18-14-31(2)30-20(18)11-23(21)34-16-17-6-4-3-5-7-17/h3-7,10-14,19,26H,8-9,15-16H2,1-2H3,(H,29,33)/t19-/m0/s1. The van der Waals surface area contributed by atoms with Crippen molar-refractivity contribution >= 4 is 28.3 Å². The zero-order valence-electron chi connectivity index (χ0n) is 19.2. The van der Waals surface area contributed by atoms with Crippen molar-refractivity contribution in [3.05, 3.63) is 72.3 Å². The quantitative estimate of drug-likeness (QED) is 0.440. The van der Waals surface area contributed by atoms with E-state index in [-0.39, 0.29) is 11.6 Å². The molecular weight excluding hydrogens is 430 g/mol. The summed E-state index contributed by atoms with van der Waals surface area (Å²) in [5, 5.41) is 11.6. The monoisotopic (exact) mass is 457 g/mol. The third kappa shape index (κ3) is 4.69. The maximum atomic E-state index is 13.0. The minimum absolute atomic E-state index is 0.244. The zero-order chi connectivity index (χ0) is 23.5. The maximum Gasteiger partial charge on any atom is 0.275 e. The molecule has 9 heteroatoms. The minimum atomic E-state index is -0.346. The van der Waals surface area contributed by atoms with Crippen LogP contribution in [0.25, 0.3) is 10.9 Å². The number of fused-ring (bicyclic) bond motifs is 1. The summed E-state index contributed by atoms with van der Waals surface area (Å²) in [6, 6.07) is 14.0. The number of nitrogens with zero attached hydrogens (tertiary/aromatic N) is 5. The van der Waals surface area contributed by atoms with Crippen molar-refractivity contribution in [2.45, 2.75) is 19.1 Å². The van der Waals surface area contributed by atoms with Crippen molar-refractivity contribution < 1.29 is 9.53 Å². The topological polar surface area (TPSA) is 97.2 Å². The number of hydrogen-bond acceptors (Lipinski definition) is 7. The van der Waals surface area contributed by atoms with Gasteiger partial charge in [-0.05, 0) is 25.1 Å². The van der Waals surface area contributed by atoms with E-state index < -0.39 is 0 Å². The number of nitrogens with one attached hydrogen (secondary N) is 2. The zero-order valence-corrected chi connectivity index (χ0v) is 19.2. The van der Waals surface area contributed by atoms with Gasteiger partial charge in [0.1, 0.15) is 23.9 Å². The summed E-state index contributed by atoms with van der Waals surface area (Å²) >= 11 is 0. The Balaban J connectivity index is 1.35. The molecule has 34 heavy (non-hydrogen) atoms. The number of likely N-dealkylation sites (N-methyl/N-ethyl adjacent to an activating group) is 1. The predicted octanol–water partition coefficient (Wildman–Crippen LogP) is 2.99. The third-order valence-corrected chi connectivity index (χ3v) is 6.00. The Labute approximate surface area is 197 Å². The Hall–Kier alpha value is -3.98. The molecule has 1 atom stereocenters. The second-order valence-electron chi connectivity index (χ2n) is 8.42. The van der Waals surface area contributed by atoms with Crippen LogP contribution in [0.1, 0.15) is 22.5 Å². The van der Waals surface area contributed by atoms with Gasteiger partial charge in [-0.1, -0.05) is 30.3 Å². The lowest BCUT2D eigenvalue weighted by Crippen LogP contribution is -2.30. The van der Waals surface area contributed by atoms with Crippen molar-refractivity contribution in [3.63, 3.8) is 0 Å². The Morgan fingerprint density at radius 2 is 2.03 bits per heavy atom. The van der Waals surface area contributed by atoms with Crippen LogP contribution in [0, 0.1) is 0 Å². The molecule has 2 aromatic carbocycles. The van der Waals surface area contributed by atoms with E-state index in [4.69, 9.17) is 4.74 Å². The van der Waals surface area contributed by atoms with E-state index in [2.05, 4.69) is 30.6 Å². The highest BCUT2D eigenvalue weighted by molar-refractivity contribution is 6.04. The fraction of sp³-hybridized carbons (Fsp3) is 0.280. The number of carbonyl (C=O) groups excluding carboxylic acids is 1. The third-order valence-electron chi connectivity index (χ3n) is 6.00. The molecule has 174 valence electrons. The number of benzene rings is 2. The van der Waals surface area contributed by atoms with Crippen LogP contribution in [-0.2, 0) is 13.7 Å². The summed E-state index contributed by atoms with van der Waals surface area (Å²) in [5.41, 5.74) is 2.63. The smallest absolute Gasteiger partial charge is 0.275 e. The first kappa shape index (κ1) is 21.8. The van der Waals surface area contributed by atoms with E-state index in [1.807, 2.05) is 62.8 Å². The van der Waals surface area contributed by atoms with Crippen molar-refractivity contribution in [2.24, 2.45) is 7.05 Å². The SMILES string of the molecule is CN[C@H]1CCN(c2cnc(C(=O)Nc3cc4cn(C)nc4cc3OCc3ccccc3)cn2)C1. The van der Waals surface area contributed by atoms with Gasteiger partial charge in [-0.15, -0.1) is 0 Å². The molecule has 0 unspecified atom stereocenters. The van der Waals surface area contributed by atoms with Crippen LogP contribution in [0.15, 0.2) is 61.1 Å². The van der Waals surface area contributed by atoms with Crippen LogP contribution in [0.5, 0.6) is 5.75 Å². The van der Waals surface area contributed by atoms with Gasteiger partial charge in [0.2, 0.25) is 0 Å². The molecule has 0 aliphatic carbocycles. The maximum absolute atomic E-state index is 13.0. The number of aryl methyl sites for hydroxylation is 1. The van der Waals surface area contributed by atoms with Gasteiger partial charge >= 0.3 is 0 Å². The molecule has 0 spiro atoms. The van der Waals surface area contributed by atoms with E-state index in [0.717, 1.165) is 41.8 Å². The molecule has 1 aliphatic heterocycles. The molecule has 0 radical (unpaired) electrons. The van der Waals surface area contributed by atoms with Gasteiger partial charge in [0.05, 0.1) is 23.6 Å². The van der Waals surface area contributed by atoms with Crippen molar-refractivity contribution in [2.75, 3.05) is 30.4 Å². The number of amides is 1. The first-order valence-corrected chi connectivity index (χ1v) is 11.3. The van der Waals surface area contributed by atoms with Crippen LogP contribution in [0.3, 0.4) is 0 Å². The molecule has 4 aromatic rings. The molecule has 1 saturated heterocycles. The summed E-state index contributed by atoms with van der Waals surface area (Å²) in [6.45, 7) is 2.17. The summed E-state index contributed by atoms with van der Waals surface area (Å²) < 4.78 is 7.81. The Morgan fingerprint density at radius 3 is 2.76 bits per heavy atom. The van der Waals surface area contributed by atoms with Crippen LogP contribution in [-0.4, -0.2) is 51.8 Å². The molecule has 2 aromatic heterocycles. The minimum Gasteiger partial charge on any atom is -0.487 e. The number of aromatic nitrogens is 4. The molecule has 3 heterocycles. The second kappa shape index (κ2) is 9.48. The highest BCUT2D eigenvalue weighted by atomic mass is 16.5. The highest BCUT2D eigenvalue weighted by Crippen LogP contribution is 2.31. The van der Waals surface area contributed by atoms with E-state index in [1.54, 1.807) is 10.9 Å². The van der Waals surface area contributed by atoms with Gasteiger partial charge in [-0.25, -0.2) is 9.97 Å². The van der Waals surface area contributed by atoms with Gasteiger partial charge < -0.3 is 20.3 Å². The van der Waals surface area contributed by atoms with E-state index >= 15 is 0 Å². The molecule has 2 N–H and O–H groups in total. The highest BCUT2D eigenvalue weighted by Gasteiger charge is 2.22. The first-order chi connectivity index (χ1) is 16.6. The van der Waals surface area contributed by atoms with Crippen LogP contribution in [0.2, 0.25) is 0 Å². The van der Waals surface area contributed by atoms with Gasteiger partial charge in [-0.2, -0.15) is 5.10 Å². The lowest BCUT2D eigenvalue weighted by atomic mass is 10.2. The molecule has 0 saturated carbocycles. The van der Waals surface area contributed by atoms with Crippen molar-refractivity contribution in [3.8, 4) is 5.75 Å². The van der Waals surface area contributed by atoms with Gasteiger partial charge in [-0.3, -0.25) is 9.48 Å². The molecular formula is C25H27N7O2. The van der Waals surface area contributed by atoms with Crippen LogP contribution >= 0.6 is 0 Å². The Morgan fingerprint density at radius 1 is 1.18 bits per heavy atom. The summed E-state index contributed by atoms with van der Waals surface area (Å²) in [7, 11) is 3.83. The lowest BCUT2D eigenvalue weighted by Gasteiger charge is -2.17. The van der Waals surface area contributed by atoms with Crippen LogP contribution < -0.4 is 20.3 Å². The Kier molecular flexibility index (Phi) is 6.09. The molecule has 1 fully saturated rings. The number of ether oxygens (including phenoxy) is 1. The van der Waals surface area contributed by atoms with Crippen molar-refractivity contribution in [1.29, 1.82) is 0 Å². The fourth-order valence-electron chi connectivity index (χ4n) is 4.12. The molecule has 5 rings (SSSR count). The average molecular weight is 458 g/mol. The van der Waals surface area contributed by atoms with E-state index in [0.29, 0.717) is 24.1 Å².